The summed E-state index contributed by atoms with van der Waals surface area (Å²) in [6, 6.07) is 19.2. The fourth-order valence-corrected chi connectivity index (χ4v) is 7.05. The van der Waals surface area contributed by atoms with E-state index in [4.69, 9.17) is 23.2 Å². The highest BCUT2D eigenvalue weighted by Gasteiger charge is 2.35. The molecule has 2 amide bonds. The quantitative estimate of drug-likeness (QED) is 0.272. The van der Waals surface area contributed by atoms with E-state index in [1.807, 2.05) is 13.0 Å². The van der Waals surface area contributed by atoms with Crippen LogP contribution in [-0.4, -0.2) is 43.8 Å². The maximum Gasteiger partial charge on any atom is 0.264 e. The lowest BCUT2D eigenvalue weighted by Crippen LogP contribution is -2.53. The van der Waals surface area contributed by atoms with Crippen molar-refractivity contribution in [1.82, 2.24) is 10.2 Å². The molecule has 1 aliphatic carbocycles. The second-order valence-electron chi connectivity index (χ2n) is 10.2. The van der Waals surface area contributed by atoms with Gasteiger partial charge in [0.25, 0.3) is 10.0 Å². The van der Waals surface area contributed by atoms with Gasteiger partial charge in [-0.15, -0.1) is 0 Å². The van der Waals surface area contributed by atoms with Crippen LogP contribution in [0.2, 0.25) is 10.0 Å². The van der Waals surface area contributed by atoms with E-state index in [1.54, 1.807) is 61.5 Å². The van der Waals surface area contributed by atoms with Gasteiger partial charge < -0.3 is 10.2 Å². The Kier molecular flexibility index (Phi) is 10.3. The summed E-state index contributed by atoms with van der Waals surface area (Å²) in [5.74, 6) is -0.784. The molecule has 0 aliphatic heterocycles. The summed E-state index contributed by atoms with van der Waals surface area (Å²) in [5.41, 5.74) is 1.46. The van der Waals surface area contributed by atoms with Crippen molar-refractivity contribution in [2.45, 2.75) is 69.5 Å². The lowest BCUT2D eigenvalue weighted by Gasteiger charge is -2.34. The van der Waals surface area contributed by atoms with Crippen molar-refractivity contribution in [3.05, 3.63) is 94.0 Å². The smallest absolute Gasteiger partial charge is 0.264 e. The molecule has 1 N–H and O–H groups in total. The predicted molar refractivity (Wildman–Crippen MR) is 164 cm³/mol. The molecular formula is C31H35Cl2N3O4S. The average molecular weight is 617 g/mol. The topological polar surface area (TPSA) is 86.8 Å². The first kappa shape index (κ1) is 30.9. The van der Waals surface area contributed by atoms with Crippen LogP contribution in [0.5, 0.6) is 0 Å². The zero-order valence-electron chi connectivity index (χ0n) is 23.2. The number of halogens is 2. The molecule has 0 saturated heterocycles. The van der Waals surface area contributed by atoms with Crippen molar-refractivity contribution in [2.75, 3.05) is 10.8 Å². The summed E-state index contributed by atoms with van der Waals surface area (Å²) in [5, 5.41) is 3.94. The number of benzene rings is 3. The Labute approximate surface area is 252 Å². The Bertz CT molecular complexity index is 1480. The van der Waals surface area contributed by atoms with Crippen LogP contribution in [0.25, 0.3) is 0 Å². The first-order valence-corrected chi connectivity index (χ1v) is 16.0. The van der Waals surface area contributed by atoms with Crippen molar-refractivity contribution in [3.63, 3.8) is 0 Å². The highest BCUT2D eigenvalue weighted by atomic mass is 35.5. The van der Waals surface area contributed by atoms with Gasteiger partial charge >= 0.3 is 0 Å². The van der Waals surface area contributed by atoms with Crippen molar-refractivity contribution in [2.24, 2.45) is 0 Å². The van der Waals surface area contributed by atoms with Crippen LogP contribution in [0.3, 0.4) is 0 Å². The zero-order valence-corrected chi connectivity index (χ0v) is 25.6. The van der Waals surface area contributed by atoms with Crippen molar-refractivity contribution < 1.29 is 18.0 Å². The Hall–Kier alpha value is -3.07. The van der Waals surface area contributed by atoms with Crippen LogP contribution >= 0.6 is 23.2 Å². The third kappa shape index (κ3) is 7.23. The number of rotatable bonds is 11. The lowest BCUT2D eigenvalue weighted by molar-refractivity contribution is -0.140. The summed E-state index contributed by atoms with van der Waals surface area (Å²) < 4.78 is 29.0. The van der Waals surface area contributed by atoms with E-state index in [0.717, 1.165) is 30.0 Å². The van der Waals surface area contributed by atoms with Crippen LogP contribution in [0.4, 0.5) is 5.69 Å². The first-order chi connectivity index (χ1) is 19.6. The molecule has 218 valence electrons. The number of hydrogen-bond donors (Lipinski definition) is 1. The highest BCUT2D eigenvalue weighted by molar-refractivity contribution is 7.92. The molecular weight excluding hydrogens is 581 g/mol. The fraction of sp³-hybridized carbons (Fsp3) is 0.355. The Morgan fingerprint density at radius 3 is 2.22 bits per heavy atom. The predicted octanol–water partition coefficient (Wildman–Crippen LogP) is 6.36. The summed E-state index contributed by atoms with van der Waals surface area (Å²) in [7, 11) is -4.17. The number of sulfonamides is 1. The van der Waals surface area contributed by atoms with E-state index < -0.39 is 28.5 Å². The van der Waals surface area contributed by atoms with Gasteiger partial charge in [-0.2, -0.15) is 0 Å². The lowest BCUT2D eigenvalue weighted by atomic mass is 10.1. The third-order valence-corrected chi connectivity index (χ3v) is 10.1. The van der Waals surface area contributed by atoms with E-state index in [2.05, 4.69) is 5.32 Å². The Balaban J connectivity index is 1.75. The van der Waals surface area contributed by atoms with E-state index in [0.29, 0.717) is 27.6 Å². The SMILES string of the molecule is CCC(C(=O)NC1CCCC1)N(Cc1ccccc1Cl)C(=O)CN(c1cccc(Cl)c1C)S(=O)(=O)c1ccccc1. The van der Waals surface area contributed by atoms with Gasteiger partial charge in [-0.25, -0.2) is 8.42 Å². The molecule has 0 radical (unpaired) electrons. The molecule has 41 heavy (non-hydrogen) atoms. The molecule has 3 aromatic rings. The number of nitrogens with one attached hydrogen (secondary N) is 1. The first-order valence-electron chi connectivity index (χ1n) is 13.8. The molecule has 1 unspecified atom stereocenters. The number of nitrogens with zero attached hydrogens (tertiary/aromatic N) is 2. The van der Waals surface area contributed by atoms with Gasteiger partial charge in [0.05, 0.1) is 10.6 Å². The summed E-state index contributed by atoms with van der Waals surface area (Å²) in [6.07, 6.45) is 4.25. The van der Waals surface area contributed by atoms with Crippen molar-refractivity contribution in [1.29, 1.82) is 0 Å². The molecule has 3 aromatic carbocycles. The van der Waals surface area contributed by atoms with Gasteiger partial charge in [0.1, 0.15) is 12.6 Å². The number of amides is 2. The highest BCUT2D eigenvalue weighted by Crippen LogP contribution is 2.31. The van der Waals surface area contributed by atoms with Crippen LogP contribution in [0.15, 0.2) is 77.7 Å². The van der Waals surface area contributed by atoms with Gasteiger partial charge in [0.2, 0.25) is 11.8 Å². The van der Waals surface area contributed by atoms with Crippen molar-refractivity contribution >= 4 is 50.7 Å². The maximum absolute atomic E-state index is 14.2. The number of hydrogen-bond acceptors (Lipinski definition) is 4. The van der Waals surface area contributed by atoms with Gasteiger partial charge in [0, 0.05) is 22.6 Å². The zero-order chi connectivity index (χ0) is 29.6. The molecule has 1 atom stereocenters. The molecule has 7 nitrogen and oxygen atoms in total. The van der Waals surface area contributed by atoms with Gasteiger partial charge in [-0.05, 0) is 67.6 Å². The minimum absolute atomic E-state index is 0.0378. The largest absolute Gasteiger partial charge is 0.352 e. The second-order valence-corrected chi connectivity index (χ2v) is 12.9. The standard InChI is InChI=1S/C31H35Cl2N3O4S/c1-3-28(31(38)34-24-13-8-9-14-24)35(20-23-12-7-10-17-27(23)33)30(37)21-36(29-19-11-18-26(32)22(29)2)41(39,40)25-15-5-4-6-16-25/h4-7,10-12,15-19,24,28H,3,8-9,13-14,20-21H2,1-2H3,(H,34,38). The average Bonchev–Trinajstić information content (AvgIpc) is 3.47. The van der Waals surface area contributed by atoms with Gasteiger partial charge in [-0.3, -0.25) is 13.9 Å². The number of carbonyl (C=O) groups is 2. The third-order valence-electron chi connectivity index (χ3n) is 7.50. The van der Waals surface area contributed by atoms with Crippen LogP contribution < -0.4 is 9.62 Å². The van der Waals surface area contributed by atoms with Crippen LogP contribution in [0.1, 0.15) is 50.2 Å². The molecule has 10 heteroatoms. The van der Waals surface area contributed by atoms with E-state index >= 15 is 0 Å². The molecule has 0 spiro atoms. The molecule has 1 aliphatic rings. The summed E-state index contributed by atoms with van der Waals surface area (Å²) >= 11 is 12.9. The number of carbonyl (C=O) groups excluding carboxylic acids is 2. The van der Waals surface area contributed by atoms with Crippen LogP contribution in [-0.2, 0) is 26.2 Å². The van der Waals surface area contributed by atoms with E-state index in [9.17, 15) is 18.0 Å². The Morgan fingerprint density at radius 1 is 0.927 bits per heavy atom. The van der Waals surface area contributed by atoms with Gasteiger partial charge in [-0.1, -0.05) is 85.4 Å². The molecule has 0 bridgehead atoms. The van der Waals surface area contributed by atoms with Crippen LogP contribution in [0, 0.1) is 6.92 Å². The van der Waals surface area contributed by atoms with E-state index in [-0.39, 0.29) is 29.1 Å². The minimum Gasteiger partial charge on any atom is -0.352 e. The van der Waals surface area contributed by atoms with Gasteiger partial charge in [0.15, 0.2) is 0 Å². The summed E-state index contributed by atoms with van der Waals surface area (Å²) in [6.45, 7) is 3.06. The molecule has 0 aromatic heterocycles. The molecule has 4 rings (SSSR count). The molecule has 0 heterocycles. The normalized spacial score (nSPS) is 14.4. The molecule has 1 saturated carbocycles. The number of anilines is 1. The Morgan fingerprint density at radius 2 is 1.56 bits per heavy atom. The van der Waals surface area contributed by atoms with E-state index in [1.165, 1.54) is 17.0 Å². The molecule has 1 fully saturated rings. The minimum atomic E-state index is -4.17. The fourth-order valence-electron chi connectivity index (χ4n) is 5.20. The summed E-state index contributed by atoms with van der Waals surface area (Å²) in [4.78, 5) is 29.2. The monoisotopic (exact) mass is 615 g/mol. The van der Waals surface area contributed by atoms with Crippen molar-refractivity contribution in [3.8, 4) is 0 Å². The second kappa shape index (κ2) is 13.7. The maximum atomic E-state index is 14.2.